The molecule has 0 aliphatic rings. The average Bonchev–Trinajstić information content (AvgIpc) is 2.51. The summed E-state index contributed by atoms with van der Waals surface area (Å²) in [5, 5.41) is 4.79. The van der Waals surface area contributed by atoms with Gasteiger partial charge in [0, 0.05) is 23.7 Å². The molecule has 1 heterocycles. The molecule has 0 aliphatic heterocycles. The Bertz CT molecular complexity index is 625. The first-order valence-corrected chi connectivity index (χ1v) is 7.96. The first-order chi connectivity index (χ1) is 10.6. The molecular formula is C18H27N3O. The summed E-state index contributed by atoms with van der Waals surface area (Å²) in [6, 6.07) is 6.49. The summed E-state index contributed by atoms with van der Waals surface area (Å²) in [6.45, 7) is 7.28. The molecule has 2 rings (SSSR count). The zero-order valence-electron chi connectivity index (χ0n) is 14.0. The summed E-state index contributed by atoms with van der Waals surface area (Å²) >= 11 is 0. The summed E-state index contributed by atoms with van der Waals surface area (Å²) in [4.78, 5) is 4.57. The van der Waals surface area contributed by atoms with Crippen LogP contribution in [0.25, 0.3) is 10.9 Å². The molecule has 1 aromatic heterocycles. The number of nitrogens with two attached hydrogens (primary N) is 1. The number of nitrogens with one attached hydrogen (secondary N) is 1. The van der Waals surface area contributed by atoms with Crippen LogP contribution in [0.2, 0.25) is 0 Å². The van der Waals surface area contributed by atoms with E-state index >= 15 is 0 Å². The second-order valence-corrected chi connectivity index (χ2v) is 6.12. The van der Waals surface area contributed by atoms with Crippen molar-refractivity contribution in [3.63, 3.8) is 0 Å². The fourth-order valence-corrected chi connectivity index (χ4v) is 2.70. The summed E-state index contributed by atoms with van der Waals surface area (Å²) in [5.74, 6) is 1.38. The monoisotopic (exact) mass is 301 g/mol. The molecule has 4 nitrogen and oxygen atoms in total. The van der Waals surface area contributed by atoms with Crippen LogP contribution in [0.4, 0.5) is 5.69 Å². The van der Waals surface area contributed by atoms with Gasteiger partial charge in [0.2, 0.25) is 0 Å². The minimum atomic E-state index is 0.376. The number of hydrogen-bond acceptors (Lipinski definition) is 4. The van der Waals surface area contributed by atoms with E-state index in [1.54, 1.807) is 7.11 Å². The number of hydrogen-bond donors (Lipinski definition) is 2. The largest absolute Gasteiger partial charge is 0.497 e. The van der Waals surface area contributed by atoms with E-state index in [2.05, 4.69) is 31.1 Å². The van der Waals surface area contributed by atoms with Crippen molar-refractivity contribution in [3.8, 4) is 5.75 Å². The maximum atomic E-state index is 5.67. The number of aromatic nitrogens is 1. The Hall–Kier alpha value is -1.81. The predicted molar refractivity (Wildman–Crippen MR) is 93.6 cm³/mol. The number of pyridine rings is 1. The molecule has 0 amide bonds. The second-order valence-electron chi connectivity index (χ2n) is 6.12. The van der Waals surface area contributed by atoms with Crippen molar-refractivity contribution < 1.29 is 4.74 Å². The Morgan fingerprint density at radius 1 is 1.32 bits per heavy atom. The highest BCUT2D eigenvalue weighted by atomic mass is 16.5. The minimum Gasteiger partial charge on any atom is -0.497 e. The molecule has 0 aliphatic carbocycles. The molecule has 0 fully saturated rings. The highest BCUT2D eigenvalue weighted by Gasteiger charge is 2.16. The van der Waals surface area contributed by atoms with Gasteiger partial charge in [-0.1, -0.05) is 13.8 Å². The number of fused-ring (bicyclic) bond motifs is 1. The lowest BCUT2D eigenvalue weighted by Crippen LogP contribution is -2.26. The normalized spacial score (nSPS) is 12.6. The molecule has 1 atom stereocenters. The third-order valence-corrected chi connectivity index (χ3v) is 4.14. The van der Waals surface area contributed by atoms with E-state index in [9.17, 15) is 0 Å². The molecule has 0 spiro atoms. The third kappa shape index (κ3) is 3.69. The first-order valence-electron chi connectivity index (χ1n) is 7.96. The minimum absolute atomic E-state index is 0.376. The van der Waals surface area contributed by atoms with Gasteiger partial charge >= 0.3 is 0 Å². The van der Waals surface area contributed by atoms with Crippen molar-refractivity contribution in [3.05, 3.63) is 30.0 Å². The first kappa shape index (κ1) is 16.6. The van der Waals surface area contributed by atoms with Crippen molar-refractivity contribution >= 4 is 16.6 Å². The highest BCUT2D eigenvalue weighted by molar-refractivity contribution is 5.94. The van der Waals surface area contributed by atoms with Gasteiger partial charge in [-0.25, -0.2) is 0 Å². The van der Waals surface area contributed by atoms with E-state index in [-0.39, 0.29) is 0 Å². The van der Waals surface area contributed by atoms with Gasteiger partial charge in [0.05, 0.1) is 18.3 Å². The van der Waals surface area contributed by atoms with E-state index < -0.39 is 0 Å². The average molecular weight is 301 g/mol. The molecule has 0 radical (unpaired) electrons. The van der Waals surface area contributed by atoms with Gasteiger partial charge in [-0.05, 0) is 49.9 Å². The van der Waals surface area contributed by atoms with Crippen molar-refractivity contribution in [2.75, 3.05) is 19.0 Å². The lowest BCUT2D eigenvalue weighted by molar-refractivity contribution is 0.415. The maximum Gasteiger partial charge on any atom is 0.121 e. The number of anilines is 1. The van der Waals surface area contributed by atoms with Crippen molar-refractivity contribution in [1.82, 2.24) is 4.98 Å². The zero-order valence-corrected chi connectivity index (χ0v) is 14.0. The Morgan fingerprint density at radius 2 is 2.09 bits per heavy atom. The molecular weight excluding hydrogens is 274 g/mol. The van der Waals surface area contributed by atoms with E-state index in [1.807, 2.05) is 24.4 Å². The summed E-state index contributed by atoms with van der Waals surface area (Å²) < 4.78 is 5.45. The van der Waals surface area contributed by atoms with Crippen LogP contribution in [0.15, 0.2) is 24.4 Å². The molecule has 0 saturated heterocycles. The number of nitrogens with zero attached hydrogens (tertiary/aromatic N) is 1. The van der Waals surface area contributed by atoms with Gasteiger partial charge in [-0.3, -0.25) is 4.98 Å². The Balaban J connectivity index is 2.42. The zero-order chi connectivity index (χ0) is 16.1. The van der Waals surface area contributed by atoms with Crippen LogP contribution < -0.4 is 15.8 Å². The second kappa shape index (κ2) is 7.45. The number of ether oxygens (including phenoxy) is 1. The summed E-state index contributed by atoms with van der Waals surface area (Å²) in [5.41, 5.74) is 8.91. The molecule has 1 aromatic carbocycles. The van der Waals surface area contributed by atoms with Crippen LogP contribution in [0.3, 0.4) is 0 Å². The molecule has 0 bridgehead atoms. The topological polar surface area (TPSA) is 60.2 Å². The number of methoxy groups -OCH3 is 1. The number of aryl methyl sites for hydroxylation is 1. The lowest BCUT2D eigenvalue weighted by atomic mass is 9.98. The number of benzene rings is 1. The molecule has 0 saturated carbocycles. The standard InChI is InChI=1S/C18H27N3O/c1-12(2)16(6-5-8-19)21-17-11-14(22-4)10-15-13(3)7-9-20-18(15)17/h7,9-12,16,21H,5-6,8,19H2,1-4H3/t16-/m0/s1. The summed E-state index contributed by atoms with van der Waals surface area (Å²) in [6.07, 6.45) is 3.93. The molecule has 120 valence electrons. The van der Waals surface area contributed by atoms with Crippen LogP contribution in [0, 0.1) is 12.8 Å². The smallest absolute Gasteiger partial charge is 0.121 e. The van der Waals surface area contributed by atoms with Crippen molar-refractivity contribution in [1.29, 1.82) is 0 Å². The van der Waals surface area contributed by atoms with Gasteiger partial charge in [0.25, 0.3) is 0 Å². The molecule has 22 heavy (non-hydrogen) atoms. The summed E-state index contributed by atoms with van der Waals surface area (Å²) in [7, 11) is 1.70. The highest BCUT2D eigenvalue weighted by Crippen LogP contribution is 2.31. The molecule has 4 heteroatoms. The van der Waals surface area contributed by atoms with Crippen molar-refractivity contribution in [2.45, 2.75) is 39.7 Å². The van der Waals surface area contributed by atoms with E-state index in [1.165, 1.54) is 5.56 Å². The number of rotatable bonds is 7. The van der Waals surface area contributed by atoms with Crippen LogP contribution in [-0.4, -0.2) is 24.7 Å². The third-order valence-electron chi connectivity index (χ3n) is 4.14. The molecule has 3 N–H and O–H groups in total. The fourth-order valence-electron chi connectivity index (χ4n) is 2.70. The van der Waals surface area contributed by atoms with Gasteiger partial charge in [-0.2, -0.15) is 0 Å². The Labute approximate surface area is 133 Å². The quantitative estimate of drug-likeness (QED) is 0.818. The Morgan fingerprint density at radius 3 is 2.73 bits per heavy atom. The van der Waals surface area contributed by atoms with Crippen LogP contribution in [0.5, 0.6) is 5.75 Å². The SMILES string of the molecule is COc1cc(N[C@@H](CCCN)C(C)C)c2nccc(C)c2c1. The van der Waals surface area contributed by atoms with E-state index in [0.717, 1.165) is 41.7 Å². The van der Waals surface area contributed by atoms with Crippen LogP contribution >= 0.6 is 0 Å². The fraction of sp³-hybridized carbons (Fsp3) is 0.500. The van der Waals surface area contributed by atoms with Gasteiger partial charge in [0.1, 0.15) is 5.75 Å². The lowest BCUT2D eigenvalue weighted by Gasteiger charge is -2.24. The Kier molecular flexibility index (Phi) is 5.61. The van der Waals surface area contributed by atoms with Gasteiger partial charge in [-0.15, -0.1) is 0 Å². The molecule has 2 aromatic rings. The van der Waals surface area contributed by atoms with E-state index in [0.29, 0.717) is 12.0 Å². The maximum absolute atomic E-state index is 5.67. The van der Waals surface area contributed by atoms with Gasteiger partial charge in [0.15, 0.2) is 0 Å². The predicted octanol–water partition coefficient (Wildman–Crippen LogP) is 3.73. The molecule has 0 unspecified atom stereocenters. The van der Waals surface area contributed by atoms with E-state index in [4.69, 9.17) is 10.5 Å². The van der Waals surface area contributed by atoms with Crippen molar-refractivity contribution in [2.24, 2.45) is 11.7 Å². The van der Waals surface area contributed by atoms with Crippen LogP contribution in [0.1, 0.15) is 32.3 Å². The van der Waals surface area contributed by atoms with Crippen LogP contribution in [-0.2, 0) is 0 Å². The van der Waals surface area contributed by atoms with Gasteiger partial charge < -0.3 is 15.8 Å².